The van der Waals surface area contributed by atoms with Crippen molar-refractivity contribution in [3.8, 4) is 11.3 Å². The molecule has 8 heteroatoms. The molecule has 74 valence electrons. The highest BCUT2D eigenvalue weighted by Crippen LogP contribution is 2.23. The SMILES string of the molecule is Fc1nnn(C(F)F)c1-c1cn[nH]c1. The Labute approximate surface area is 75.5 Å². The average molecular weight is 203 g/mol. The van der Waals surface area contributed by atoms with Gasteiger partial charge in [0.05, 0.1) is 6.20 Å². The molecule has 2 aromatic rings. The highest BCUT2D eigenvalue weighted by Gasteiger charge is 2.20. The normalized spacial score (nSPS) is 11.1. The molecule has 0 amide bonds. The molecule has 0 fully saturated rings. The minimum Gasteiger partial charge on any atom is -0.285 e. The van der Waals surface area contributed by atoms with E-state index in [0.29, 0.717) is 0 Å². The van der Waals surface area contributed by atoms with Crippen molar-refractivity contribution in [2.24, 2.45) is 0 Å². The van der Waals surface area contributed by atoms with Gasteiger partial charge < -0.3 is 0 Å². The molecule has 0 saturated heterocycles. The first-order chi connectivity index (χ1) is 6.70. The molecular weight excluding hydrogens is 199 g/mol. The predicted molar refractivity (Wildman–Crippen MR) is 38.8 cm³/mol. The van der Waals surface area contributed by atoms with E-state index in [1.54, 1.807) is 0 Å². The molecule has 0 radical (unpaired) electrons. The van der Waals surface area contributed by atoms with Crippen molar-refractivity contribution >= 4 is 0 Å². The fourth-order valence-electron chi connectivity index (χ4n) is 1.04. The Kier molecular flexibility index (Phi) is 1.95. The Morgan fingerprint density at radius 1 is 1.43 bits per heavy atom. The number of nitrogens with one attached hydrogen (secondary N) is 1. The van der Waals surface area contributed by atoms with Gasteiger partial charge in [-0.1, -0.05) is 10.3 Å². The van der Waals surface area contributed by atoms with Gasteiger partial charge in [-0.05, 0) is 0 Å². The lowest BCUT2D eigenvalue weighted by Gasteiger charge is -2.00. The van der Waals surface area contributed by atoms with Crippen LogP contribution in [-0.4, -0.2) is 25.2 Å². The number of hydrogen-bond donors (Lipinski definition) is 1. The summed E-state index contributed by atoms with van der Waals surface area (Å²) in [5.74, 6) is -1.05. The van der Waals surface area contributed by atoms with Crippen LogP contribution >= 0.6 is 0 Å². The third kappa shape index (κ3) is 1.24. The summed E-state index contributed by atoms with van der Waals surface area (Å²) in [4.78, 5) is 0. The van der Waals surface area contributed by atoms with Gasteiger partial charge in [-0.25, -0.2) is 0 Å². The topological polar surface area (TPSA) is 59.4 Å². The van der Waals surface area contributed by atoms with E-state index in [1.807, 2.05) is 0 Å². The van der Waals surface area contributed by atoms with Gasteiger partial charge in [0.2, 0.25) is 0 Å². The van der Waals surface area contributed by atoms with Crippen LogP contribution in [0.25, 0.3) is 11.3 Å². The van der Waals surface area contributed by atoms with Gasteiger partial charge in [0.15, 0.2) is 0 Å². The minimum absolute atomic E-state index is 0.174. The fraction of sp³-hybridized carbons (Fsp3) is 0.167. The van der Waals surface area contributed by atoms with Crippen molar-refractivity contribution in [3.63, 3.8) is 0 Å². The van der Waals surface area contributed by atoms with E-state index in [-0.39, 0.29) is 15.9 Å². The van der Waals surface area contributed by atoms with E-state index < -0.39 is 12.5 Å². The fourth-order valence-corrected chi connectivity index (χ4v) is 1.04. The molecule has 2 aromatic heterocycles. The van der Waals surface area contributed by atoms with Crippen LogP contribution < -0.4 is 0 Å². The first kappa shape index (κ1) is 8.73. The summed E-state index contributed by atoms with van der Waals surface area (Å²) < 4.78 is 37.8. The maximum absolute atomic E-state index is 13.0. The Morgan fingerprint density at radius 3 is 2.79 bits per heavy atom. The maximum atomic E-state index is 13.0. The maximum Gasteiger partial charge on any atom is 0.335 e. The van der Waals surface area contributed by atoms with Crippen molar-refractivity contribution in [1.82, 2.24) is 25.2 Å². The summed E-state index contributed by atoms with van der Waals surface area (Å²) in [5.41, 5.74) is -0.207. The number of aromatic nitrogens is 5. The highest BCUT2D eigenvalue weighted by molar-refractivity contribution is 5.56. The van der Waals surface area contributed by atoms with Crippen molar-refractivity contribution in [2.75, 3.05) is 0 Å². The second kappa shape index (κ2) is 3.13. The number of aromatic amines is 1. The summed E-state index contributed by atoms with van der Waals surface area (Å²) >= 11 is 0. The van der Waals surface area contributed by atoms with Crippen molar-refractivity contribution < 1.29 is 13.2 Å². The van der Waals surface area contributed by atoms with E-state index >= 15 is 0 Å². The number of rotatable bonds is 2. The Bertz CT molecular complexity index is 421. The van der Waals surface area contributed by atoms with Crippen LogP contribution in [0.2, 0.25) is 0 Å². The highest BCUT2D eigenvalue weighted by atomic mass is 19.3. The zero-order chi connectivity index (χ0) is 10.1. The second-order valence-corrected chi connectivity index (χ2v) is 2.44. The van der Waals surface area contributed by atoms with Crippen molar-refractivity contribution in [3.05, 3.63) is 18.3 Å². The molecule has 14 heavy (non-hydrogen) atoms. The molecule has 2 heterocycles. The van der Waals surface area contributed by atoms with Crippen LogP contribution in [-0.2, 0) is 0 Å². The first-order valence-corrected chi connectivity index (χ1v) is 3.58. The Hall–Kier alpha value is -1.86. The van der Waals surface area contributed by atoms with Gasteiger partial charge in [0.25, 0.3) is 5.95 Å². The molecule has 1 N–H and O–H groups in total. The number of halogens is 3. The molecule has 0 aliphatic rings. The molecule has 2 rings (SSSR count). The smallest absolute Gasteiger partial charge is 0.285 e. The van der Waals surface area contributed by atoms with Gasteiger partial charge in [0.1, 0.15) is 5.69 Å². The van der Waals surface area contributed by atoms with Crippen LogP contribution in [0, 0.1) is 5.95 Å². The molecule has 0 bridgehead atoms. The minimum atomic E-state index is -2.93. The molecule has 0 aliphatic heterocycles. The number of hydrogen-bond acceptors (Lipinski definition) is 3. The summed E-state index contributed by atoms with van der Waals surface area (Å²) in [5, 5.41) is 11.8. The zero-order valence-electron chi connectivity index (χ0n) is 6.65. The van der Waals surface area contributed by atoms with E-state index in [4.69, 9.17) is 0 Å². The molecular formula is C6H4F3N5. The Morgan fingerprint density at radius 2 is 2.21 bits per heavy atom. The predicted octanol–water partition coefficient (Wildman–Crippen LogP) is 1.20. The summed E-state index contributed by atoms with van der Waals surface area (Å²) in [6, 6.07) is 0. The van der Waals surface area contributed by atoms with Gasteiger partial charge in [0, 0.05) is 11.8 Å². The second-order valence-electron chi connectivity index (χ2n) is 2.44. The number of H-pyrrole nitrogens is 1. The third-order valence-electron chi connectivity index (χ3n) is 1.61. The summed E-state index contributed by atoms with van der Waals surface area (Å²) in [6.45, 7) is -2.93. The van der Waals surface area contributed by atoms with Gasteiger partial charge in [-0.3, -0.25) is 5.10 Å². The lowest BCUT2D eigenvalue weighted by molar-refractivity contribution is 0.0564. The molecule has 0 unspecified atom stereocenters. The standard InChI is InChI=1S/C6H4F3N5/c7-5-4(3-1-10-11-2-3)14(6(8)9)13-12-5/h1-2,6H,(H,10,11). The first-order valence-electron chi connectivity index (χ1n) is 3.58. The van der Waals surface area contributed by atoms with Crippen LogP contribution in [0.15, 0.2) is 12.4 Å². The quantitative estimate of drug-likeness (QED) is 0.797. The van der Waals surface area contributed by atoms with E-state index in [1.165, 1.54) is 12.4 Å². The number of nitrogens with zero attached hydrogens (tertiary/aromatic N) is 4. The van der Waals surface area contributed by atoms with E-state index in [9.17, 15) is 13.2 Å². The molecule has 0 aliphatic carbocycles. The zero-order valence-corrected chi connectivity index (χ0v) is 6.65. The largest absolute Gasteiger partial charge is 0.335 e. The van der Waals surface area contributed by atoms with Crippen LogP contribution in [0.1, 0.15) is 6.55 Å². The van der Waals surface area contributed by atoms with Gasteiger partial charge >= 0.3 is 6.55 Å². The van der Waals surface area contributed by atoms with Gasteiger partial charge in [-0.15, -0.1) is 0 Å². The lowest BCUT2D eigenvalue weighted by atomic mass is 10.3. The number of alkyl halides is 2. The van der Waals surface area contributed by atoms with E-state index in [0.717, 1.165) is 0 Å². The van der Waals surface area contributed by atoms with E-state index in [2.05, 4.69) is 20.5 Å². The monoisotopic (exact) mass is 203 g/mol. The average Bonchev–Trinajstić information content (AvgIpc) is 2.71. The van der Waals surface area contributed by atoms with Crippen LogP contribution in [0.4, 0.5) is 13.2 Å². The molecule has 5 nitrogen and oxygen atoms in total. The Balaban J connectivity index is 2.56. The molecule has 0 atom stereocenters. The van der Waals surface area contributed by atoms with Crippen molar-refractivity contribution in [1.29, 1.82) is 0 Å². The molecule has 0 spiro atoms. The lowest BCUT2D eigenvalue weighted by Crippen LogP contribution is -2.02. The summed E-state index contributed by atoms with van der Waals surface area (Å²) in [6.07, 6.45) is 2.49. The van der Waals surface area contributed by atoms with Crippen LogP contribution in [0.5, 0.6) is 0 Å². The van der Waals surface area contributed by atoms with Crippen molar-refractivity contribution in [2.45, 2.75) is 6.55 Å². The summed E-state index contributed by atoms with van der Waals surface area (Å²) in [7, 11) is 0. The van der Waals surface area contributed by atoms with Gasteiger partial charge in [-0.2, -0.15) is 23.0 Å². The molecule has 0 saturated carbocycles. The van der Waals surface area contributed by atoms with Crippen LogP contribution in [0.3, 0.4) is 0 Å². The molecule has 0 aromatic carbocycles. The third-order valence-corrected chi connectivity index (χ3v) is 1.61.